The third-order valence-electron chi connectivity index (χ3n) is 6.52. The topological polar surface area (TPSA) is 9.23 Å². The number of ether oxygens (including phenoxy) is 1. The second-order valence-corrected chi connectivity index (χ2v) is 17.3. The van der Waals surface area contributed by atoms with Crippen LogP contribution in [0.4, 0.5) is 0 Å². The van der Waals surface area contributed by atoms with Crippen molar-refractivity contribution in [2.45, 2.75) is 120 Å². The van der Waals surface area contributed by atoms with Gasteiger partial charge in [0.2, 0.25) is 0 Å². The zero-order valence-corrected chi connectivity index (χ0v) is 20.9. The van der Waals surface area contributed by atoms with Crippen molar-refractivity contribution in [2.75, 3.05) is 6.61 Å². The maximum absolute atomic E-state index is 5.38. The van der Waals surface area contributed by atoms with Crippen LogP contribution in [0.15, 0.2) is 0 Å². The first kappa shape index (κ1) is 23.7. The van der Waals surface area contributed by atoms with E-state index >= 15 is 0 Å². The van der Waals surface area contributed by atoms with E-state index in [1.807, 2.05) is 6.92 Å². The van der Waals surface area contributed by atoms with Gasteiger partial charge in [0.25, 0.3) is 0 Å². The van der Waals surface area contributed by atoms with Crippen LogP contribution in [0.2, 0.25) is 0 Å². The van der Waals surface area contributed by atoms with Crippen molar-refractivity contribution < 1.29 is 18.3 Å². The summed E-state index contributed by atoms with van der Waals surface area (Å²) < 4.78 is 4.77. The van der Waals surface area contributed by atoms with Crippen LogP contribution >= 0.6 is 27.3 Å². The van der Waals surface area contributed by atoms with Gasteiger partial charge in [-0.2, -0.15) is 0 Å². The second-order valence-electron chi connectivity index (χ2n) is 8.25. The third kappa shape index (κ3) is 8.86. The molecule has 0 aromatic carbocycles. The van der Waals surface area contributed by atoms with Crippen LogP contribution < -0.4 is 0 Å². The molecule has 156 valence electrons. The van der Waals surface area contributed by atoms with Crippen LogP contribution in [0.25, 0.3) is 0 Å². The van der Waals surface area contributed by atoms with Crippen molar-refractivity contribution >= 4 is 32.1 Å². The van der Waals surface area contributed by atoms with Gasteiger partial charge in [-0.15, -0.1) is 0 Å². The summed E-state index contributed by atoms with van der Waals surface area (Å²) in [5.41, 5.74) is 3.68. The van der Waals surface area contributed by atoms with E-state index in [1.165, 1.54) is 21.8 Å². The first-order chi connectivity index (χ1) is 12.7. The fourth-order valence-electron chi connectivity index (χ4n) is 5.41. The van der Waals surface area contributed by atoms with E-state index in [2.05, 4.69) is 0 Å². The van der Waals surface area contributed by atoms with E-state index in [0.717, 1.165) is 0 Å². The van der Waals surface area contributed by atoms with Gasteiger partial charge in [-0.25, -0.2) is 0 Å². The molecule has 5 heteroatoms. The molecule has 3 saturated carbocycles. The van der Waals surface area contributed by atoms with Gasteiger partial charge in [-0.3, -0.25) is 0 Å². The van der Waals surface area contributed by atoms with E-state index < -0.39 is 13.5 Å². The molecule has 0 bridgehead atoms. The molecule has 3 aliphatic rings. The molecule has 0 aliphatic heterocycles. The van der Waals surface area contributed by atoms with E-state index in [4.69, 9.17) is 24.1 Å². The predicted molar refractivity (Wildman–Crippen MR) is 118 cm³/mol. The summed E-state index contributed by atoms with van der Waals surface area (Å²) >= 11 is -1.63. The Balaban J connectivity index is 0.000000298. The predicted octanol–water partition coefficient (Wildman–Crippen LogP) is 7.91. The van der Waals surface area contributed by atoms with Gasteiger partial charge in [0.1, 0.15) is 0 Å². The van der Waals surface area contributed by atoms with Gasteiger partial charge in [-0.1, -0.05) is 19.3 Å². The van der Waals surface area contributed by atoms with Gasteiger partial charge in [0, 0.05) is 7.92 Å². The molecular weight excluding hydrogens is 471 g/mol. The van der Waals surface area contributed by atoms with Crippen LogP contribution in [-0.2, 0) is 18.3 Å². The van der Waals surface area contributed by atoms with Crippen LogP contribution in [0.1, 0.15) is 103 Å². The Morgan fingerprint density at radius 2 is 1.08 bits per heavy atom. The number of halogens is 2. The molecule has 1 nitrogen and oxygen atoms in total. The zero-order valence-electron chi connectivity index (χ0n) is 16.6. The fourth-order valence-corrected chi connectivity index (χ4v) is 11.7. The van der Waals surface area contributed by atoms with Crippen molar-refractivity contribution in [3.05, 3.63) is 0 Å². The average molecular weight is 512 g/mol. The molecule has 0 aromatic heterocycles. The Bertz CT molecular complexity index is 343. The van der Waals surface area contributed by atoms with Crippen molar-refractivity contribution in [1.29, 1.82) is 0 Å². The molecule has 0 aromatic rings. The summed E-state index contributed by atoms with van der Waals surface area (Å²) in [6.07, 6.45) is 23.8. The quantitative estimate of drug-likeness (QED) is 0.269. The molecule has 0 radical (unpaired) electrons. The molecule has 0 spiro atoms. The van der Waals surface area contributed by atoms with Crippen LogP contribution in [0, 0.1) is 0 Å². The molecular formula is C21H40Cl2OPRu+. The summed E-state index contributed by atoms with van der Waals surface area (Å²) in [5, 5.41) is 0. The van der Waals surface area contributed by atoms with Gasteiger partial charge in [-0.05, 0) is 77.0 Å². The monoisotopic (exact) mass is 511 g/mol. The van der Waals surface area contributed by atoms with Crippen molar-refractivity contribution in [3.63, 3.8) is 0 Å². The summed E-state index contributed by atoms with van der Waals surface area (Å²) in [5.74, 6) is 0. The van der Waals surface area contributed by atoms with Crippen LogP contribution in [-0.4, -0.2) is 28.4 Å². The standard InChI is InChI=1S/C18H33P.C3H6O.2ClH.Ru/c1-4-10-16(11-5-1)19(17-12-6-2-7-13-17)18-14-8-3-9-15-18;1-3-4-2;;;/h16-18H,1-15H2;2H,3H2,1H3;2*1H;/q;;;;+2/p-1. The van der Waals surface area contributed by atoms with Gasteiger partial charge >= 0.3 is 56.0 Å². The van der Waals surface area contributed by atoms with Crippen molar-refractivity contribution in [1.82, 2.24) is 0 Å². The second kappa shape index (κ2) is 14.4. The van der Waals surface area contributed by atoms with Gasteiger partial charge < -0.3 is 0 Å². The SMILES string of the molecule is C1CCC([PH+](C2CCCCC2)C2CCCCC2)CC1.CCO[CH]=[Ru]([Cl])[Cl]. The molecule has 3 fully saturated rings. The summed E-state index contributed by atoms with van der Waals surface area (Å²) in [6, 6.07) is 0. The fraction of sp³-hybridized carbons (Fsp3) is 0.952. The molecule has 0 amide bonds. The minimum atomic E-state index is -1.63. The van der Waals surface area contributed by atoms with E-state index in [9.17, 15) is 0 Å². The average Bonchev–Trinajstić information content (AvgIpc) is 2.70. The normalized spacial score (nSPS) is 24.1. The maximum atomic E-state index is 5.38. The molecule has 0 atom stereocenters. The Morgan fingerprint density at radius 1 is 0.731 bits per heavy atom. The first-order valence-electron chi connectivity index (χ1n) is 11.0. The van der Waals surface area contributed by atoms with E-state index in [1.54, 1.807) is 96.3 Å². The number of rotatable bonds is 5. The Labute approximate surface area is 176 Å². The molecule has 0 N–H and O–H groups in total. The molecule has 0 unspecified atom stereocenters. The third-order valence-corrected chi connectivity index (χ3v) is 12.4. The van der Waals surface area contributed by atoms with E-state index in [-0.39, 0.29) is 7.92 Å². The molecule has 3 aliphatic carbocycles. The summed E-state index contributed by atoms with van der Waals surface area (Å²) in [6.45, 7) is 2.55. The van der Waals surface area contributed by atoms with Gasteiger partial charge in [0.15, 0.2) is 0 Å². The molecule has 3 rings (SSSR count). The zero-order chi connectivity index (χ0) is 18.6. The Kier molecular flexibility index (Phi) is 13.2. The summed E-state index contributed by atoms with van der Waals surface area (Å²) in [4.78, 5) is 1.52. The Morgan fingerprint density at radius 3 is 1.31 bits per heavy atom. The number of hydrogen-bond acceptors (Lipinski definition) is 1. The van der Waals surface area contributed by atoms with Crippen molar-refractivity contribution in [3.8, 4) is 0 Å². The minimum absolute atomic E-state index is 0.0465. The summed E-state index contributed by atoms with van der Waals surface area (Å²) in [7, 11) is 10.7. The van der Waals surface area contributed by atoms with Gasteiger partial charge in [0.05, 0.1) is 17.0 Å². The van der Waals surface area contributed by atoms with Crippen molar-refractivity contribution in [2.24, 2.45) is 0 Å². The van der Waals surface area contributed by atoms with E-state index in [0.29, 0.717) is 6.61 Å². The number of hydrogen-bond donors (Lipinski definition) is 0. The molecule has 26 heavy (non-hydrogen) atoms. The Hall–Kier alpha value is 1.46. The first-order valence-corrected chi connectivity index (χ1v) is 18.2. The van der Waals surface area contributed by atoms with Crippen LogP contribution in [0.5, 0.6) is 0 Å². The molecule has 0 heterocycles. The molecule has 0 saturated heterocycles. The van der Waals surface area contributed by atoms with Crippen LogP contribution in [0.3, 0.4) is 0 Å².